The van der Waals surface area contributed by atoms with Crippen molar-refractivity contribution < 1.29 is 9.59 Å². The van der Waals surface area contributed by atoms with E-state index >= 15 is 0 Å². The normalized spacial score (nSPS) is 11.0. The second-order valence-corrected chi connectivity index (χ2v) is 7.27. The Hall–Kier alpha value is -1.76. The minimum atomic E-state index is 0.0651. The van der Waals surface area contributed by atoms with Crippen LogP contribution in [-0.2, 0) is 9.59 Å². The van der Waals surface area contributed by atoms with Crippen molar-refractivity contribution in [3.8, 4) is 0 Å². The number of benzene rings is 1. The fourth-order valence-corrected chi connectivity index (χ4v) is 3.20. The van der Waals surface area contributed by atoms with Gasteiger partial charge >= 0.3 is 0 Å². The van der Waals surface area contributed by atoms with Crippen LogP contribution in [0.3, 0.4) is 0 Å². The first-order valence-corrected chi connectivity index (χ1v) is 10.5. The van der Waals surface area contributed by atoms with Crippen molar-refractivity contribution in [1.82, 2.24) is 15.5 Å². The molecule has 0 bridgehead atoms. The molecule has 0 aliphatic heterocycles. The van der Waals surface area contributed by atoms with Crippen LogP contribution in [0.5, 0.6) is 0 Å². The maximum Gasteiger partial charge on any atom is 0.238 e. The second kappa shape index (κ2) is 15.2. The zero-order valence-corrected chi connectivity index (χ0v) is 17.9. The predicted octanol–water partition coefficient (Wildman–Crippen LogP) is 2.50. The van der Waals surface area contributed by atoms with Crippen molar-refractivity contribution in [1.29, 1.82) is 0 Å². The second-order valence-electron chi connectivity index (χ2n) is 7.27. The van der Waals surface area contributed by atoms with Crippen LogP contribution in [0, 0.1) is 13.8 Å². The van der Waals surface area contributed by atoms with Crippen LogP contribution in [0.25, 0.3) is 0 Å². The molecule has 158 valence electrons. The van der Waals surface area contributed by atoms with Crippen LogP contribution in [0.4, 0.5) is 5.69 Å². The van der Waals surface area contributed by atoms with E-state index in [0.29, 0.717) is 13.1 Å². The van der Waals surface area contributed by atoms with E-state index < -0.39 is 0 Å². The van der Waals surface area contributed by atoms with Gasteiger partial charge in [0.1, 0.15) is 6.29 Å². The third-order valence-electron chi connectivity index (χ3n) is 4.69. The van der Waals surface area contributed by atoms with Gasteiger partial charge in [-0.2, -0.15) is 0 Å². The van der Waals surface area contributed by atoms with Crippen molar-refractivity contribution in [2.24, 2.45) is 0 Å². The molecule has 0 saturated carbocycles. The van der Waals surface area contributed by atoms with Gasteiger partial charge in [-0.25, -0.2) is 0 Å². The zero-order chi connectivity index (χ0) is 20.6. The highest BCUT2D eigenvalue weighted by molar-refractivity contribution is 5.93. The van der Waals surface area contributed by atoms with E-state index in [2.05, 4.69) is 27.8 Å². The summed E-state index contributed by atoms with van der Waals surface area (Å²) >= 11 is 0. The number of unbranched alkanes of at least 4 members (excludes halogenated alkanes) is 2. The number of nitrogens with one attached hydrogen (secondary N) is 3. The van der Waals surface area contributed by atoms with Crippen molar-refractivity contribution in [2.75, 3.05) is 51.1 Å². The summed E-state index contributed by atoms with van der Waals surface area (Å²) in [7, 11) is 0. The highest BCUT2D eigenvalue weighted by Gasteiger charge is 2.12. The molecule has 3 N–H and O–H groups in total. The summed E-state index contributed by atoms with van der Waals surface area (Å²) in [4.78, 5) is 24.9. The van der Waals surface area contributed by atoms with Crippen LogP contribution in [0.2, 0.25) is 0 Å². The van der Waals surface area contributed by atoms with E-state index in [1.165, 1.54) is 0 Å². The summed E-state index contributed by atoms with van der Waals surface area (Å²) in [6.07, 6.45) is 5.30. The number of aldehydes is 1. The van der Waals surface area contributed by atoms with Crippen molar-refractivity contribution in [3.63, 3.8) is 0 Å². The topological polar surface area (TPSA) is 73.5 Å². The molecule has 1 amide bonds. The number of nitrogens with zero attached hydrogens (tertiary/aromatic N) is 1. The number of aryl methyl sites for hydroxylation is 2. The number of amides is 1. The van der Waals surface area contributed by atoms with E-state index in [1.54, 1.807) is 0 Å². The third-order valence-corrected chi connectivity index (χ3v) is 4.69. The number of carbonyl (C=O) groups is 2. The number of para-hydroxylation sites is 1. The minimum Gasteiger partial charge on any atom is -0.324 e. The SMILES string of the molecule is CCCN(CCCCCNCCNCC=O)CC(=O)Nc1c(C)cccc1C. The van der Waals surface area contributed by atoms with Crippen LogP contribution < -0.4 is 16.0 Å². The van der Waals surface area contributed by atoms with Gasteiger partial charge in [-0.15, -0.1) is 0 Å². The first kappa shape index (κ1) is 24.3. The quantitative estimate of drug-likeness (QED) is 0.299. The summed E-state index contributed by atoms with van der Waals surface area (Å²) in [6.45, 7) is 11.7. The Bertz CT molecular complexity index is 557. The maximum absolute atomic E-state index is 12.5. The molecule has 1 rings (SSSR count). The number of rotatable bonds is 16. The number of anilines is 1. The lowest BCUT2D eigenvalue weighted by Crippen LogP contribution is -2.35. The Labute approximate surface area is 170 Å². The monoisotopic (exact) mass is 390 g/mol. The molecule has 0 unspecified atom stereocenters. The summed E-state index contributed by atoms with van der Waals surface area (Å²) in [5.41, 5.74) is 3.14. The summed E-state index contributed by atoms with van der Waals surface area (Å²) < 4.78 is 0. The van der Waals surface area contributed by atoms with Gasteiger partial charge in [0.25, 0.3) is 0 Å². The summed E-state index contributed by atoms with van der Waals surface area (Å²) in [6, 6.07) is 6.07. The average Bonchev–Trinajstić information content (AvgIpc) is 2.66. The van der Waals surface area contributed by atoms with Gasteiger partial charge in [0, 0.05) is 18.8 Å². The molecule has 0 spiro atoms. The fourth-order valence-electron chi connectivity index (χ4n) is 3.20. The number of hydrogen-bond donors (Lipinski definition) is 3. The first-order valence-electron chi connectivity index (χ1n) is 10.5. The molecular weight excluding hydrogens is 352 g/mol. The van der Waals surface area contributed by atoms with Crippen molar-refractivity contribution >= 4 is 17.9 Å². The van der Waals surface area contributed by atoms with E-state index in [1.807, 2.05) is 32.0 Å². The Morgan fingerprint density at radius 1 is 1.00 bits per heavy atom. The molecule has 0 fully saturated rings. The van der Waals surface area contributed by atoms with Crippen molar-refractivity contribution in [2.45, 2.75) is 46.5 Å². The van der Waals surface area contributed by atoms with Gasteiger partial charge < -0.3 is 20.7 Å². The third kappa shape index (κ3) is 10.5. The lowest BCUT2D eigenvalue weighted by molar-refractivity contribution is -0.117. The molecule has 6 heteroatoms. The average molecular weight is 391 g/mol. The smallest absolute Gasteiger partial charge is 0.238 e. The van der Waals surface area contributed by atoms with Gasteiger partial charge in [0.05, 0.1) is 13.1 Å². The predicted molar refractivity (Wildman–Crippen MR) is 117 cm³/mol. The zero-order valence-electron chi connectivity index (χ0n) is 17.9. The maximum atomic E-state index is 12.5. The van der Waals surface area contributed by atoms with E-state index in [9.17, 15) is 9.59 Å². The van der Waals surface area contributed by atoms with Gasteiger partial charge in [0.2, 0.25) is 5.91 Å². The molecule has 0 heterocycles. The fraction of sp³-hybridized carbons (Fsp3) is 0.636. The Balaban J connectivity index is 2.24. The Morgan fingerprint density at radius 3 is 2.39 bits per heavy atom. The summed E-state index contributed by atoms with van der Waals surface area (Å²) in [5.74, 6) is 0.0651. The molecule has 6 nitrogen and oxygen atoms in total. The van der Waals surface area contributed by atoms with Gasteiger partial charge in [-0.3, -0.25) is 9.69 Å². The molecule has 0 atom stereocenters. The molecule has 1 aromatic rings. The summed E-state index contributed by atoms with van der Waals surface area (Å²) in [5, 5.41) is 9.49. The van der Waals surface area contributed by atoms with Crippen LogP contribution in [0.1, 0.15) is 43.7 Å². The minimum absolute atomic E-state index is 0.0651. The number of carbonyl (C=O) groups excluding carboxylic acids is 2. The highest BCUT2D eigenvalue weighted by Crippen LogP contribution is 2.19. The van der Waals surface area contributed by atoms with E-state index in [4.69, 9.17) is 0 Å². The standard InChI is InChI=1S/C22H38N4O2/c1-4-15-26(16-7-5-6-11-23-12-13-24-14-17-27)18-21(28)25-22-19(2)9-8-10-20(22)3/h8-10,17,23-24H,4-7,11-16,18H2,1-3H3,(H,25,28). The lowest BCUT2D eigenvalue weighted by atomic mass is 10.1. The van der Waals surface area contributed by atoms with Gasteiger partial charge in [-0.1, -0.05) is 31.5 Å². The van der Waals surface area contributed by atoms with Crippen molar-refractivity contribution in [3.05, 3.63) is 29.3 Å². The number of hydrogen-bond acceptors (Lipinski definition) is 5. The lowest BCUT2D eigenvalue weighted by Gasteiger charge is -2.22. The molecule has 0 aliphatic rings. The van der Waals surface area contributed by atoms with E-state index in [0.717, 1.165) is 81.5 Å². The molecule has 1 aromatic carbocycles. The molecular formula is C22H38N4O2. The molecule has 0 saturated heterocycles. The van der Waals surface area contributed by atoms with Crippen LogP contribution in [-0.4, -0.2) is 62.9 Å². The largest absolute Gasteiger partial charge is 0.324 e. The molecule has 0 aromatic heterocycles. The molecule has 0 aliphatic carbocycles. The van der Waals surface area contributed by atoms with E-state index in [-0.39, 0.29) is 5.91 Å². The van der Waals surface area contributed by atoms with Gasteiger partial charge in [0.15, 0.2) is 0 Å². The highest BCUT2D eigenvalue weighted by atomic mass is 16.2. The molecule has 28 heavy (non-hydrogen) atoms. The van der Waals surface area contributed by atoms with Gasteiger partial charge in [-0.05, 0) is 63.9 Å². The van der Waals surface area contributed by atoms with Crippen LogP contribution in [0.15, 0.2) is 18.2 Å². The molecule has 0 radical (unpaired) electrons. The Morgan fingerprint density at radius 2 is 1.71 bits per heavy atom. The van der Waals surface area contributed by atoms with Crippen LogP contribution >= 0.6 is 0 Å². The Kier molecular flexibility index (Phi) is 13.2. The first-order chi connectivity index (χ1) is 13.6.